The number of para-hydroxylation sites is 1. The molecule has 1 aromatic rings. The summed E-state index contributed by atoms with van der Waals surface area (Å²) in [5, 5.41) is 0. The Hall–Kier alpha value is -0.740. The van der Waals surface area contributed by atoms with Gasteiger partial charge in [0.25, 0.3) is 0 Å². The summed E-state index contributed by atoms with van der Waals surface area (Å²) in [5.41, 5.74) is 6.49. The number of hydrogen-bond acceptors (Lipinski definition) is 3. The summed E-state index contributed by atoms with van der Waals surface area (Å²) in [5.74, 6) is 0.865. The van der Waals surface area contributed by atoms with Gasteiger partial charge in [0.15, 0.2) is 0 Å². The van der Waals surface area contributed by atoms with Crippen LogP contribution in [0.5, 0.6) is 0 Å². The molecule has 1 aliphatic heterocycles. The number of fused-ring (bicyclic) bond motifs is 1. The molecule has 0 bridgehead atoms. The van der Waals surface area contributed by atoms with Crippen LogP contribution in [0.25, 0.3) is 0 Å². The van der Waals surface area contributed by atoms with Gasteiger partial charge in [-0.15, -0.1) is 11.8 Å². The molecule has 0 fully saturated rings. The fourth-order valence-electron chi connectivity index (χ4n) is 1.83. The predicted molar refractivity (Wildman–Crippen MR) is 63.0 cm³/mol. The Morgan fingerprint density at radius 3 is 3.13 bits per heavy atom. The van der Waals surface area contributed by atoms with E-state index in [1.807, 2.05) is 17.9 Å². The molecule has 0 radical (unpaired) electrons. The maximum atomic E-state index is 13.7. The molecule has 0 amide bonds. The zero-order valence-electron chi connectivity index (χ0n) is 8.74. The molecule has 82 valence electrons. The van der Waals surface area contributed by atoms with Crippen molar-refractivity contribution >= 4 is 17.4 Å². The highest BCUT2D eigenvalue weighted by Crippen LogP contribution is 2.36. The van der Waals surface area contributed by atoms with Gasteiger partial charge in [-0.1, -0.05) is 6.07 Å². The van der Waals surface area contributed by atoms with E-state index >= 15 is 0 Å². The van der Waals surface area contributed by atoms with Crippen molar-refractivity contribution in [2.24, 2.45) is 5.73 Å². The fourth-order valence-corrected chi connectivity index (χ4v) is 2.90. The average molecular weight is 226 g/mol. The van der Waals surface area contributed by atoms with E-state index in [1.165, 1.54) is 6.07 Å². The molecule has 2 N–H and O–H groups in total. The minimum atomic E-state index is -0.139. The molecule has 15 heavy (non-hydrogen) atoms. The summed E-state index contributed by atoms with van der Waals surface area (Å²) in [6.45, 7) is 3.54. The molecule has 1 aliphatic rings. The number of rotatable bonds is 2. The number of nitrogens with two attached hydrogens (primary N) is 1. The van der Waals surface area contributed by atoms with E-state index in [9.17, 15) is 4.39 Å². The first-order chi connectivity index (χ1) is 7.18. The van der Waals surface area contributed by atoms with Crippen LogP contribution in [0, 0.1) is 5.82 Å². The smallest absolute Gasteiger partial charge is 0.147 e. The second kappa shape index (κ2) is 4.41. The summed E-state index contributed by atoms with van der Waals surface area (Å²) in [7, 11) is 0. The number of thioether (sulfide) groups is 1. The first-order valence-corrected chi connectivity index (χ1v) is 6.09. The van der Waals surface area contributed by atoms with E-state index in [4.69, 9.17) is 5.73 Å². The quantitative estimate of drug-likeness (QED) is 0.837. The van der Waals surface area contributed by atoms with Gasteiger partial charge in [0.05, 0.1) is 5.69 Å². The maximum absolute atomic E-state index is 13.7. The van der Waals surface area contributed by atoms with Crippen LogP contribution in [0.3, 0.4) is 0 Å². The van der Waals surface area contributed by atoms with Crippen molar-refractivity contribution in [3.8, 4) is 0 Å². The van der Waals surface area contributed by atoms with Gasteiger partial charge in [0, 0.05) is 29.8 Å². The minimum Gasteiger partial charge on any atom is -0.366 e. The van der Waals surface area contributed by atoms with E-state index < -0.39 is 0 Å². The van der Waals surface area contributed by atoms with Crippen molar-refractivity contribution in [3.63, 3.8) is 0 Å². The van der Waals surface area contributed by atoms with Gasteiger partial charge in [-0.3, -0.25) is 0 Å². The third kappa shape index (κ3) is 2.26. The van der Waals surface area contributed by atoms with E-state index in [2.05, 4.69) is 0 Å². The molecule has 0 aliphatic carbocycles. The second-order valence-electron chi connectivity index (χ2n) is 3.86. The number of hydrogen-bond donors (Lipinski definition) is 1. The third-order valence-electron chi connectivity index (χ3n) is 2.39. The van der Waals surface area contributed by atoms with Crippen LogP contribution in [0.2, 0.25) is 0 Å². The van der Waals surface area contributed by atoms with Gasteiger partial charge in [-0.25, -0.2) is 4.39 Å². The molecule has 0 spiro atoms. The first kappa shape index (κ1) is 10.8. The van der Waals surface area contributed by atoms with Gasteiger partial charge in [-0.05, 0) is 19.1 Å². The van der Waals surface area contributed by atoms with Gasteiger partial charge >= 0.3 is 0 Å². The predicted octanol–water partition coefficient (Wildman–Crippen LogP) is 2.08. The standard InChI is InChI=1S/C11H15FN2S/c1-8(13)7-14-5-6-15-10-4-2-3-9(12)11(10)14/h2-4,8H,5-7,13H2,1H3. The molecular weight excluding hydrogens is 211 g/mol. The number of anilines is 1. The number of halogens is 1. The Kier molecular flexibility index (Phi) is 3.17. The summed E-state index contributed by atoms with van der Waals surface area (Å²) in [6, 6.07) is 5.31. The van der Waals surface area contributed by atoms with Crippen molar-refractivity contribution in [3.05, 3.63) is 24.0 Å². The monoisotopic (exact) mass is 226 g/mol. The molecule has 1 unspecified atom stereocenters. The molecule has 0 saturated heterocycles. The lowest BCUT2D eigenvalue weighted by Gasteiger charge is -2.32. The van der Waals surface area contributed by atoms with Crippen molar-refractivity contribution < 1.29 is 4.39 Å². The van der Waals surface area contributed by atoms with Crippen molar-refractivity contribution in [2.45, 2.75) is 17.9 Å². The normalized spacial score (nSPS) is 17.4. The number of nitrogens with zero attached hydrogens (tertiary/aromatic N) is 1. The second-order valence-corrected chi connectivity index (χ2v) is 5.00. The van der Waals surface area contributed by atoms with Crippen LogP contribution in [-0.4, -0.2) is 24.9 Å². The topological polar surface area (TPSA) is 29.3 Å². The zero-order chi connectivity index (χ0) is 10.8. The van der Waals surface area contributed by atoms with Gasteiger partial charge in [0.1, 0.15) is 5.82 Å². The fraction of sp³-hybridized carbons (Fsp3) is 0.455. The molecule has 1 heterocycles. The Morgan fingerprint density at radius 1 is 1.60 bits per heavy atom. The molecule has 1 aromatic carbocycles. The van der Waals surface area contributed by atoms with E-state index in [0.29, 0.717) is 6.54 Å². The Balaban J connectivity index is 2.32. The Morgan fingerprint density at radius 2 is 2.40 bits per heavy atom. The van der Waals surface area contributed by atoms with E-state index in [-0.39, 0.29) is 11.9 Å². The molecule has 1 atom stereocenters. The first-order valence-electron chi connectivity index (χ1n) is 5.10. The highest BCUT2D eigenvalue weighted by Gasteiger charge is 2.21. The van der Waals surface area contributed by atoms with Gasteiger partial charge in [-0.2, -0.15) is 0 Å². The maximum Gasteiger partial charge on any atom is 0.147 e. The minimum absolute atomic E-state index is 0.0700. The third-order valence-corrected chi connectivity index (χ3v) is 3.42. The summed E-state index contributed by atoms with van der Waals surface area (Å²) >= 11 is 1.71. The van der Waals surface area contributed by atoms with Crippen LogP contribution in [0.15, 0.2) is 23.1 Å². The van der Waals surface area contributed by atoms with Crippen molar-refractivity contribution in [1.82, 2.24) is 0 Å². The van der Waals surface area contributed by atoms with Crippen LogP contribution >= 0.6 is 11.8 Å². The zero-order valence-corrected chi connectivity index (χ0v) is 9.56. The van der Waals surface area contributed by atoms with Gasteiger partial charge in [0.2, 0.25) is 0 Å². The highest BCUT2D eigenvalue weighted by molar-refractivity contribution is 7.99. The largest absolute Gasteiger partial charge is 0.366 e. The van der Waals surface area contributed by atoms with Crippen LogP contribution in [0.1, 0.15) is 6.92 Å². The summed E-state index contributed by atoms with van der Waals surface area (Å²) in [4.78, 5) is 3.08. The summed E-state index contributed by atoms with van der Waals surface area (Å²) < 4.78 is 13.7. The van der Waals surface area contributed by atoms with Crippen molar-refractivity contribution in [2.75, 3.05) is 23.7 Å². The lowest BCUT2D eigenvalue weighted by atomic mass is 10.2. The SMILES string of the molecule is CC(N)CN1CCSc2cccc(F)c21. The average Bonchev–Trinajstić information content (AvgIpc) is 2.17. The Labute approximate surface area is 93.6 Å². The van der Waals surface area contributed by atoms with Crippen LogP contribution < -0.4 is 10.6 Å². The lowest BCUT2D eigenvalue weighted by molar-refractivity contribution is 0.602. The molecule has 4 heteroatoms. The highest BCUT2D eigenvalue weighted by atomic mass is 32.2. The summed E-state index contributed by atoms with van der Waals surface area (Å²) in [6.07, 6.45) is 0. The van der Waals surface area contributed by atoms with Gasteiger partial charge < -0.3 is 10.6 Å². The van der Waals surface area contributed by atoms with Crippen molar-refractivity contribution in [1.29, 1.82) is 0 Å². The number of benzene rings is 1. The molecule has 0 saturated carbocycles. The molecule has 0 aromatic heterocycles. The van der Waals surface area contributed by atoms with E-state index in [0.717, 1.165) is 22.9 Å². The lowest BCUT2D eigenvalue weighted by Crippen LogP contribution is -2.39. The van der Waals surface area contributed by atoms with Crippen LogP contribution in [0.4, 0.5) is 10.1 Å². The molecular formula is C11H15FN2S. The molecule has 2 rings (SSSR count). The van der Waals surface area contributed by atoms with E-state index in [1.54, 1.807) is 17.8 Å². The van der Waals surface area contributed by atoms with Crippen LogP contribution in [-0.2, 0) is 0 Å². The Bertz CT molecular complexity index is 354. The molecule has 2 nitrogen and oxygen atoms in total.